The van der Waals surface area contributed by atoms with Gasteiger partial charge < -0.3 is 29.2 Å². The fraction of sp³-hybridized carbons (Fsp3) is 0.222. The van der Waals surface area contributed by atoms with Crippen LogP contribution in [0, 0.1) is 0 Å². The molecule has 0 saturated heterocycles. The molecule has 4 aromatic rings. The van der Waals surface area contributed by atoms with Crippen molar-refractivity contribution in [1.29, 1.82) is 0 Å². The molecule has 3 aromatic carbocycles. The second-order valence-corrected chi connectivity index (χ2v) is 8.12. The van der Waals surface area contributed by atoms with E-state index in [1.165, 1.54) is 0 Å². The van der Waals surface area contributed by atoms with Crippen LogP contribution >= 0.6 is 0 Å². The van der Waals surface area contributed by atoms with Gasteiger partial charge in [-0.05, 0) is 53.1 Å². The lowest BCUT2D eigenvalue weighted by molar-refractivity contribution is -0.121. The molecule has 0 aliphatic carbocycles. The lowest BCUT2D eigenvalue weighted by Crippen LogP contribution is -2.25. The quantitative estimate of drug-likeness (QED) is 0.398. The maximum atomic E-state index is 13.1. The molecule has 5 rings (SSSR count). The molecule has 174 valence electrons. The molecule has 0 saturated carbocycles. The van der Waals surface area contributed by atoms with E-state index in [1.54, 1.807) is 14.2 Å². The van der Waals surface area contributed by atoms with Crippen molar-refractivity contribution >= 4 is 16.8 Å². The van der Waals surface area contributed by atoms with Crippen molar-refractivity contribution in [2.75, 3.05) is 21.0 Å². The number of nitrogens with one attached hydrogen (secondary N) is 2. The highest BCUT2D eigenvalue weighted by Gasteiger charge is 2.23. The highest BCUT2D eigenvalue weighted by atomic mass is 16.7. The van der Waals surface area contributed by atoms with Crippen LogP contribution in [0.25, 0.3) is 10.9 Å². The van der Waals surface area contributed by atoms with Gasteiger partial charge in [0.1, 0.15) is 11.5 Å². The highest BCUT2D eigenvalue weighted by molar-refractivity contribution is 5.91. The minimum atomic E-state index is -0.173. The first-order chi connectivity index (χ1) is 16.7. The van der Waals surface area contributed by atoms with E-state index in [9.17, 15) is 4.79 Å². The van der Waals surface area contributed by atoms with E-state index in [1.807, 2.05) is 66.9 Å². The van der Waals surface area contributed by atoms with Gasteiger partial charge in [-0.2, -0.15) is 0 Å². The van der Waals surface area contributed by atoms with E-state index in [0.717, 1.165) is 44.8 Å². The smallest absolute Gasteiger partial charge is 0.231 e. The van der Waals surface area contributed by atoms with E-state index in [2.05, 4.69) is 10.3 Å². The molecule has 1 atom stereocenters. The third kappa shape index (κ3) is 4.24. The van der Waals surface area contributed by atoms with E-state index in [0.29, 0.717) is 12.3 Å². The molecule has 1 aliphatic rings. The Balaban J connectivity index is 1.41. The summed E-state index contributed by atoms with van der Waals surface area (Å²) in [5.41, 5.74) is 3.95. The molecule has 2 N–H and O–H groups in total. The summed E-state index contributed by atoms with van der Waals surface area (Å²) in [5.74, 6) is 2.74. The van der Waals surface area contributed by atoms with Gasteiger partial charge in [-0.1, -0.05) is 24.3 Å². The number of methoxy groups -OCH3 is 2. The molecule has 2 heterocycles. The Hall–Kier alpha value is -4.13. The SMILES string of the molecule is COc1ccc([C@@H](CC(=O)NCc2ccc3c(c2)OCO3)c2c[nH]c3cccc(OC)c23)cc1. The van der Waals surface area contributed by atoms with Gasteiger partial charge in [0.25, 0.3) is 0 Å². The Morgan fingerprint density at radius 1 is 1.03 bits per heavy atom. The first-order valence-electron chi connectivity index (χ1n) is 11.1. The minimum absolute atomic E-state index is 0.0530. The van der Waals surface area contributed by atoms with Gasteiger partial charge in [0.2, 0.25) is 12.7 Å². The summed E-state index contributed by atoms with van der Waals surface area (Å²) in [5, 5.41) is 4.03. The van der Waals surface area contributed by atoms with E-state index in [4.69, 9.17) is 18.9 Å². The Morgan fingerprint density at radius 2 is 1.85 bits per heavy atom. The number of fused-ring (bicyclic) bond motifs is 2. The molecule has 1 aromatic heterocycles. The summed E-state index contributed by atoms with van der Waals surface area (Å²) in [6.45, 7) is 0.630. The van der Waals surface area contributed by atoms with E-state index >= 15 is 0 Å². The van der Waals surface area contributed by atoms with Crippen molar-refractivity contribution in [2.45, 2.75) is 18.9 Å². The monoisotopic (exact) mass is 458 g/mol. The van der Waals surface area contributed by atoms with Crippen molar-refractivity contribution in [1.82, 2.24) is 10.3 Å². The van der Waals surface area contributed by atoms with Gasteiger partial charge in [0.15, 0.2) is 11.5 Å². The first kappa shape index (κ1) is 21.7. The number of rotatable bonds is 8. The largest absolute Gasteiger partial charge is 0.497 e. The van der Waals surface area contributed by atoms with Crippen molar-refractivity contribution in [2.24, 2.45) is 0 Å². The van der Waals surface area contributed by atoms with Crippen LogP contribution in [0.3, 0.4) is 0 Å². The number of aromatic nitrogens is 1. The van der Waals surface area contributed by atoms with Crippen LogP contribution in [-0.4, -0.2) is 31.9 Å². The molecule has 0 bridgehead atoms. The highest BCUT2D eigenvalue weighted by Crippen LogP contribution is 2.38. The molecule has 0 radical (unpaired) electrons. The van der Waals surface area contributed by atoms with Crippen molar-refractivity contribution in [3.63, 3.8) is 0 Å². The standard InChI is InChI=1S/C27H26N2O5/c1-31-19-9-7-18(8-10-19)20(21-15-28-22-4-3-5-24(32-2)27(21)22)13-26(30)29-14-17-6-11-23-25(12-17)34-16-33-23/h3-12,15,20,28H,13-14,16H2,1-2H3,(H,29,30)/t20-/m1/s1. The van der Waals surface area contributed by atoms with Gasteiger partial charge in [0, 0.05) is 36.0 Å². The lowest BCUT2D eigenvalue weighted by Gasteiger charge is -2.18. The number of ether oxygens (including phenoxy) is 4. The Bertz CT molecular complexity index is 1310. The zero-order valence-corrected chi connectivity index (χ0v) is 19.1. The number of amides is 1. The number of benzene rings is 3. The zero-order valence-electron chi connectivity index (χ0n) is 19.1. The number of carbonyl (C=O) groups is 1. The summed E-state index contributed by atoms with van der Waals surface area (Å²) in [7, 11) is 3.30. The predicted octanol–water partition coefficient (Wildman–Crippen LogP) is 4.75. The maximum Gasteiger partial charge on any atom is 0.231 e. The molecule has 1 aliphatic heterocycles. The summed E-state index contributed by atoms with van der Waals surface area (Å²) in [6, 6.07) is 19.4. The lowest BCUT2D eigenvalue weighted by atomic mass is 9.87. The summed E-state index contributed by atoms with van der Waals surface area (Å²) in [6.07, 6.45) is 2.25. The predicted molar refractivity (Wildman–Crippen MR) is 129 cm³/mol. The fourth-order valence-electron chi connectivity index (χ4n) is 4.37. The van der Waals surface area contributed by atoms with Crippen LogP contribution in [0.2, 0.25) is 0 Å². The molecule has 34 heavy (non-hydrogen) atoms. The van der Waals surface area contributed by atoms with E-state index < -0.39 is 0 Å². The third-order valence-corrected chi connectivity index (χ3v) is 6.13. The fourth-order valence-corrected chi connectivity index (χ4v) is 4.37. The van der Waals surface area contributed by atoms with Gasteiger partial charge in [-0.15, -0.1) is 0 Å². The molecule has 1 amide bonds. The summed E-state index contributed by atoms with van der Waals surface area (Å²) >= 11 is 0. The van der Waals surface area contributed by atoms with Crippen LogP contribution in [-0.2, 0) is 11.3 Å². The van der Waals surface area contributed by atoms with Crippen LogP contribution in [0.15, 0.2) is 66.9 Å². The molecule has 0 unspecified atom stereocenters. The number of H-pyrrole nitrogens is 1. The maximum absolute atomic E-state index is 13.1. The molecule has 0 spiro atoms. The number of carbonyl (C=O) groups excluding carboxylic acids is 1. The molecular weight excluding hydrogens is 432 g/mol. The Morgan fingerprint density at radius 3 is 2.65 bits per heavy atom. The second kappa shape index (κ2) is 9.39. The average molecular weight is 459 g/mol. The first-order valence-corrected chi connectivity index (χ1v) is 11.1. The van der Waals surface area contributed by atoms with Crippen LogP contribution in [0.4, 0.5) is 0 Å². The zero-order chi connectivity index (χ0) is 23.5. The minimum Gasteiger partial charge on any atom is -0.497 e. The molecule has 7 nitrogen and oxygen atoms in total. The molecular formula is C27H26N2O5. The molecule has 0 fully saturated rings. The van der Waals surface area contributed by atoms with Gasteiger partial charge in [-0.25, -0.2) is 0 Å². The third-order valence-electron chi connectivity index (χ3n) is 6.13. The van der Waals surface area contributed by atoms with Crippen LogP contribution in [0.5, 0.6) is 23.0 Å². The Kier molecular flexibility index (Phi) is 5.99. The number of hydrogen-bond donors (Lipinski definition) is 2. The average Bonchev–Trinajstić information content (AvgIpc) is 3.53. The Labute approximate surface area is 197 Å². The van der Waals surface area contributed by atoms with Gasteiger partial charge in [-0.3, -0.25) is 4.79 Å². The van der Waals surface area contributed by atoms with Crippen molar-refractivity contribution in [3.8, 4) is 23.0 Å². The second-order valence-electron chi connectivity index (χ2n) is 8.12. The number of aromatic amines is 1. The van der Waals surface area contributed by atoms with Crippen LogP contribution in [0.1, 0.15) is 29.0 Å². The van der Waals surface area contributed by atoms with Crippen LogP contribution < -0.4 is 24.3 Å². The van der Waals surface area contributed by atoms with E-state index in [-0.39, 0.29) is 25.0 Å². The van der Waals surface area contributed by atoms with Crippen molar-refractivity contribution in [3.05, 3.63) is 83.6 Å². The topological polar surface area (TPSA) is 81.8 Å². The van der Waals surface area contributed by atoms with Crippen molar-refractivity contribution < 1.29 is 23.7 Å². The van der Waals surface area contributed by atoms with Gasteiger partial charge >= 0.3 is 0 Å². The summed E-state index contributed by atoms with van der Waals surface area (Å²) < 4.78 is 21.8. The number of hydrogen-bond acceptors (Lipinski definition) is 5. The van der Waals surface area contributed by atoms with Gasteiger partial charge in [0.05, 0.1) is 14.2 Å². The normalized spacial score (nSPS) is 13.0. The molecule has 7 heteroatoms. The summed E-state index contributed by atoms with van der Waals surface area (Å²) in [4.78, 5) is 16.4.